The molecule has 148 valence electrons. The van der Waals surface area contributed by atoms with Gasteiger partial charge in [0.2, 0.25) is 0 Å². The molecular formula is C24H31N3S. The molecule has 0 radical (unpaired) electrons. The third-order valence-electron chi connectivity index (χ3n) is 5.49. The average molecular weight is 394 g/mol. The molecule has 0 aliphatic heterocycles. The Bertz CT molecular complexity index is 892. The Morgan fingerprint density at radius 3 is 2.54 bits per heavy atom. The van der Waals surface area contributed by atoms with Crippen LogP contribution in [-0.2, 0) is 6.42 Å². The van der Waals surface area contributed by atoms with Gasteiger partial charge in [-0.05, 0) is 73.1 Å². The van der Waals surface area contributed by atoms with Crippen LogP contribution in [0.2, 0.25) is 0 Å². The number of benzene rings is 2. The lowest BCUT2D eigenvalue weighted by molar-refractivity contribution is 0.380. The Hall–Kier alpha value is -2.07. The highest BCUT2D eigenvalue weighted by molar-refractivity contribution is 7.80. The monoisotopic (exact) mass is 393 g/mol. The van der Waals surface area contributed by atoms with Crippen LogP contribution in [0.15, 0.2) is 53.7 Å². The fourth-order valence-electron chi connectivity index (χ4n) is 3.67. The highest BCUT2D eigenvalue weighted by atomic mass is 32.1. The summed E-state index contributed by atoms with van der Waals surface area (Å²) in [5, 5.41) is 4.49. The summed E-state index contributed by atoms with van der Waals surface area (Å²) in [5.74, 6) is 2.48. The van der Waals surface area contributed by atoms with E-state index in [4.69, 9.17) is 0 Å². The van der Waals surface area contributed by atoms with Gasteiger partial charge in [-0.3, -0.25) is 0 Å². The van der Waals surface area contributed by atoms with Gasteiger partial charge in [0.25, 0.3) is 0 Å². The molecule has 0 saturated heterocycles. The summed E-state index contributed by atoms with van der Waals surface area (Å²) in [6.45, 7) is 7.03. The van der Waals surface area contributed by atoms with Gasteiger partial charge in [0.1, 0.15) is 12.1 Å². The molecule has 3 nitrogen and oxygen atoms in total. The maximum Gasteiger partial charge on any atom is 0.141 e. The third-order valence-corrected chi connectivity index (χ3v) is 5.79. The molecular weight excluding hydrogens is 362 g/mol. The molecule has 0 bridgehead atoms. The Morgan fingerprint density at radius 2 is 1.79 bits per heavy atom. The van der Waals surface area contributed by atoms with Crippen molar-refractivity contribution >= 4 is 35.0 Å². The van der Waals surface area contributed by atoms with Crippen molar-refractivity contribution in [1.82, 2.24) is 9.97 Å². The van der Waals surface area contributed by atoms with Gasteiger partial charge < -0.3 is 5.32 Å². The molecule has 0 fully saturated rings. The minimum Gasteiger partial charge on any atom is -0.340 e. The summed E-state index contributed by atoms with van der Waals surface area (Å²) in [6.07, 6.45) is 7.85. The summed E-state index contributed by atoms with van der Waals surface area (Å²) in [7, 11) is 0. The summed E-state index contributed by atoms with van der Waals surface area (Å²) in [6, 6.07) is 14.5. The van der Waals surface area contributed by atoms with E-state index in [9.17, 15) is 0 Å². The number of anilines is 2. The van der Waals surface area contributed by atoms with Crippen LogP contribution < -0.4 is 5.32 Å². The molecule has 1 heterocycles. The van der Waals surface area contributed by atoms with Crippen LogP contribution in [0, 0.1) is 11.8 Å². The van der Waals surface area contributed by atoms with E-state index in [1.165, 1.54) is 31.2 Å². The normalized spacial score (nSPS) is 13.4. The fourth-order valence-corrected chi connectivity index (χ4v) is 3.82. The number of thiol groups is 1. The molecule has 2 unspecified atom stereocenters. The minimum atomic E-state index is 0.797. The lowest BCUT2D eigenvalue weighted by Gasteiger charge is -2.15. The number of aryl methyl sites for hydroxylation is 1. The lowest BCUT2D eigenvalue weighted by Crippen LogP contribution is -2.03. The van der Waals surface area contributed by atoms with E-state index in [2.05, 4.69) is 66.9 Å². The van der Waals surface area contributed by atoms with Crippen molar-refractivity contribution in [2.45, 2.75) is 57.8 Å². The molecule has 0 spiro atoms. The van der Waals surface area contributed by atoms with Gasteiger partial charge in [-0.25, -0.2) is 9.97 Å². The number of rotatable bonds is 9. The zero-order chi connectivity index (χ0) is 19.9. The van der Waals surface area contributed by atoms with Crippen LogP contribution in [0.25, 0.3) is 10.9 Å². The van der Waals surface area contributed by atoms with Gasteiger partial charge in [0.15, 0.2) is 0 Å². The first-order chi connectivity index (χ1) is 13.5. The average Bonchev–Trinajstić information content (AvgIpc) is 2.70. The second-order valence-corrected chi connectivity index (χ2v) is 8.51. The largest absolute Gasteiger partial charge is 0.340 e. The third kappa shape index (κ3) is 5.71. The Labute approximate surface area is 174 Å². The van der Waals surface area contributed by atoms with Crippen molar-refractivity contribution in [1.29, 1.82) is 0 Å². The zero-order valence-corrected chi connectivity index (χ0v) is 18.0. The number of nitrogens with zero attached hydrogens (tertiary/aromatic N) is 2. The van der Waals surface area contributed by atoms with Crippen LogP contribution in [0.4, 0.5) is 11.5 Å². The second kappa shape index (κ2) is 9.92. The van der Waals surface area contributed by atoms with E-state index in [-0.39, 0.29) is 0 Å². The van der Waals surface area contributed by atoms with Gasteiger partial charge in [0, 0.05) is 16.0 Å². The second-order valence-electron chi connectivity index (χ2n) is 7.99. The van der Waals surface area contributed by atoms with Crippen molar-refractivity contribution in [3.8, 4) is 0 Å². The van der Waals surface area contributed by atoms with Crippen LogP contribution in [0.1, 0.15) is 52.0 Å². The van der Waals surface area contributed by atoms with Crippen molar-refractivity contribution < 1.29 is 0 Å². The summed E-state index contributed by atoms with van der Waals surface area (Å²) in [5.41, 5.74) is 3.33. The maximum absolute atomic E-state index is 4.47. The smallest absolute Gasteiger partial charge is 0.141 e. The predicted octanol–water partition coefficient (Wildman–Crippen LogP) is 7.06. The molecule has 1 aromatic heterocycles. The first-order valence-electron chi connectivity index (χ1n) is 10.3. The van der Waals surface area contributed by atoms with Crippen LogP contribution in [0.5, 0.6) is 0 Å². The van der Waals surface area contributed by atoms with Crippen LogP contribution in [-0.4, -0.2) is 9.97 Å². The van der Waals surface area contributed by atoms with E-state index in [0.717, 1.165) is 45.6 Å². The van der Waals surface area contributed by atoms with Crippen molar-refractivity contribution in [2.75, 3.05) is 5.32 Å². The first kappa shape index (κ1) is 20.7. The van der Waals surface area contributed by atoms with Gasteiger partial charge >= 0.3 is 0 Å². The molecule has 0 aliphatic carbocycles. The minimum absolute atomic E-state index is 0.797. The topological polar surface area (TPSA) is 37.8 Å². The van der Waals surface area contributed by atoms with E-state index in [1.54, 1.807) is 6.33 Å². The highest BCUT2D eigenvalue weighted by Gasteiger charge is 2.09. The molecule has 0 saturated carbocycles. The van der Waals surface area contributed by atoms with E-state index in [1.807, 2.05) is 24.3 Å². The molecule has 4 heteroatoms. The molecule has 2 aromatic carbocycles. The predicted molar refractivity (Wildman–Crippen MR) is 123 cm³/mol. The van der Waals surface area contributed by atoms with Gasteiger partial charge in [0.05, 0.1) is 5.52 Å². The SMILES string of the molecule is CCC(C)CC(C)CCCc1ccc2ncnc(Nc3ccc(S)cc3)c2c1. The summed E-state index contributed by atoms with van der Waals surface area (Å²) >= 11 is 4.35. The Morgan fingerprint density at radius 1 is 1.00 bits per heavy atom. The molecule has 2 atom stereocenters. The highest BCUT2D eigenvalue weighted by Crippen LogP contribution is 2.26. The molecule has 1 N–H and O–H groups in total. The number of nitrogens with one attached hydrogen (secondary N) is 1. The molecule has 0 amide bonds. The Balaban J connectivity index is 1.69. The van der Waals surface area contributed by atoms with E-state index < -0.39 is 0 Å². The van der Waals surface area contributed by atoms with Crippen molar-refractivity contribution in [3.63, 3.8) is 0 Å². The van der Waals surface area contributed by atoms with Crippen molar-refractivity contribution in [2.24, 2.45) is 11.8 Å². The van der Waals surface area contributed by atoms with Crippen LogP contribution in [0.3, 0.4) is 0 Å². The number of fused-ring (bicyclic) bond motifs is 1. The van der Waals surface area contributed by atoms with E-state index in [0.29, 0.717) is 0 Å². The number of aromatic nitrogens is 2. The van der Waals surface area contributed by atoms with E-state index >= 15 is 0 Å². The molecule has 28 heavy (non-hydrogen) atoms. The number of hydrogen-bond acceptors (Lipinski definition) is 4. The fraction of sp³-hybridized carbons (Fsp3) is 0.417. The number of hydrogen-bond donors (Lipinski definition) is 2. The van der Waals surface area contributed by atoms with Gasteiger partial charge in [-0.15, -0.1) is 12.6 Å². The summed E-state index contributed by atoms with van der Waals surface area (Å²) < 4.78 is 0. The molecule has 3 aromatic rings. The quantitative estimate of drug-likeness (QED) is 0.382. The maximum atomic E-state index is 4.47. The van der Waals surface area contributed by atoms with Crippen LogP contribution >= 0.6 is 12.6 Å². The molecule has 0 aliphatic rings. The lowest BCUT2D eigenvalue weighted by atomic mass is 9.91. The summed E-state index contributed by atoms with van der Waals surface area (Å²) in [4.78, 5) is 9.85. The first-order valence-corrected chi connectivity index (χ1v) is 10.8. The van der Waals surface area contributed by atoms with Gasteiger partial charge in [-0.1, -0.05) is 39.7 Å². The standard InChI is InChI=1S/C24H31N3S/c1-4-17(2)14-18(3)6-5-7-19-8-13-23-22(15-19)24(26-16-25-23)27-20-9-11-21(28)12-10-20/h8-13,15-18,28H,4-7,14H2,1-3H3,(H,25,26,27). The van der Waals surface area contributed by atoms with Gasteiger partial charge in [-0.2, -0.15) is 0 Å². The van der Waals surface area contributed by atoms with Crippen molar-refractivity contribution in [3.05, 3.63) is 54.4 Å². The molecule has 3 rings (SSSR count). The Kier molecular flexibility index (Phi) is 7.32. The zero-order valence-electron chi connectivity index (χ0n) is 17.2.